The topological polar surface area (TPSA) is 56.8 Å². The number of fused-ring (bicyclic) bond motifs is 1. The Bertz CT molecular complexity index is 520. The van der Waals surface area contributed by atoms with E-state index < -0.39 is 5.79 Å². The number of hydrogen-bond donors (Lipinski definition) is 1. The maximum atomic E-state index is 11.9. The van der Waals surface area contributed by atoms with E-state index in [1.807, 2.05) is 31.2 Å². The van der Waals surface area contributed by atoms with Crippen LogP contribution >= 0.6 is 12.2 Å². The Kier molecular flexibility index (Phi) is 4.57. The number of esters is 1. The van der Waals surface area contributed by atoms with Crippen LogP contribution in [0.5, 0.6) is 0 Å². The van der Waals surface area contributed by atoms with Gasteiger partial charge in [-0.1, -0.05) is 18.2 Å². The summed E-state index contributed by atoms with van der Waals surface area (Å²) < 4.78 is 16.4. The van der Waals surface area contributed by atoms with Gasteiger partial charge in [-0.3, -0.25) is 4.79 Å². The van der Waals surface area contributed by atoms with E-state index in [4.69, 9.17) is 26.4 Å². The van der Waals surface area contributed by atoms with Crippen molar-refractivity contribution in [1.82, 2.24) is 0 Å². The van der Waals surface area contributed by atoms with Gasteiger partial charge in [0.05, 0.1) is 12.3 Å². The molecule has 1 aliphatic heterocycles. The molecule has 1 aromatic rings. The summed E-state index contributed by atoms with van der Waals surface area (Å²) in [4.78, 5) is 11.9. The molecule has 0 spiro atoms. The Hall–Kier alpha value is -1.66. The van der Waals surface area contributed by atoms with Crippen molar-refractivity contribution in [3.63, 3.8) is 0 Å². The molecule has 0 aliphatic carbocycles. The maximum absolute atomic E-state index is 11.9. The number of rotatable bonds is 5. The fourth-order valence-corrected chi connectivity index (χ4v) is 2.43. The van der Waals surface area contributed by atoms with Crippen LogP contribution in [0.2, 0.25) is 0 Å². The van der Waals surface area contributed by atoms with Gasteiger partial charge in [0.1, 0.15) is 6.42 Å². The largest absolute Gasteiger partial charge is 0.466 e. The van der Waals surface area contributed by atoms with Crippen LogP contribution in [0, 0.1) is 0 Å². The minimum atomic E-state index is -1.22. The Balaban J connectivity index is 2.40. The van der Waals surface area contributed by atoms with Gasteiger partial charge >= 0.3 is 5.97 Å². The van der Waals surface area contributed by atoms with E-state index in [1.54, 1.807) is 6.92 Å². The van der Waals surface area contributed by atoms with Gasteiger partial charge in [0.2, 0.25) is 0 Å². The first kappa shape index (κ1) is 14.7. The zero-order chi connectivity index (χ0) is 14.6. The standard InChI is InChI=1S/C14H17NO4S/c1-3-17-12(16)9-14(18-4-2)10-7-5-6-8-11(10)15-13(20)19-14/h5-8H,3-4,9H2,1-2H3,(H,15,20). The van der Waals surface area contributed by atoms with Crippen LogP contribution in [0.15, 0.2) is 24.3 Å². The molecule has 0 fully saturated rings. The first-order chi connectivity index (χ1) is 9.61. The van der Waals surface area contributed by atoms with E-state index in [2.05, 4.69) is 5.32 Å². The summed E-state index contributed by atoms with van der Waals surface area (Å²) in [6.45, 7) is 4.29. The lowest BCUT2D eigenvalue weighted by molar-refractivity contribution is -0.210. The smallest absolute Gasteiger partial charge is 0.312 e. The van der Waals surface area contributed by atoms with Gasteiger partial charge in [-0.2, -0.15) is 0 Å². The van der Waals surface area contributed by atoms with E-state index >= 15 is 0 Å². The van der Waals surface area contributed by atoms with Gasteiger partial charge in [-0.15, -0.1) is 0 Å². The van der Waals surface area contributed by atoms with E-state index in [1.165, 1.54) is 0 Å². The van der Waals surface area contributed by atoms with Crippen LogP contribution in [-0.2, 0) is 24.8 Å². The molecule has 20 heavy (non-hydrogen) atoms. The third-order valence-electron chi connectivity index (χ3n) is 2.89. The number of anilines is 1. The van der Waals surface area contributed by atoms with Gasteiger partial charge < -0.3 is 19.5 Å². The number of hydrogen-bond acceptors (Lipinski definition) is 5. The highest BCUT2D eigenvalue weighted by molar-refractivity contribution is 7.80. The van der Waals surface area contributed by atoms with Crippen LogP contribution in [0.1, 0.15) is 25.8 Å². The highest BCUT2D eigenvalue weighted by Crippen LogP contribution is 2.39. The summed E-state index contributed by atoms with van der Waals surface area (Å²) in [6.07, 6.45) is -0.0481. The van der Waals surface area contributed by atoms with E-state index in [9.17, 15) is 4.79 Å². The average Bonchev–Trinajstić information content (AvgIpc) is 2.39. The van der Waals surface area contributed by atoms with E-state index in [-0.39, 0.29) is 17.6 Å². The number of nitrogens with one attached hydrogen (secondary N) is 1. The molecule has 1 aromatic carbocycles. The monoisotopic (exact) mass is 295 g/mol. The Labute approximate surface area is 123 Å². The van der Waals surface area contributed by atoms with Crippen molar-refractivity contribution in [2.75, 3.05) is 18.5 Å². The molecule has 0 aromatic heterocycles. The van der Waals surface area contributed by atoms with E-state index in [0.29, 0.717) is 13.2 Å². The molecule has 2 rings (SSSR count). The van der Waals surface area contributed by atoms with Gasteiger partial charge in [0.15, 0.2) is 0 Å². The molecule has 0 bridgehead atoms. The molecule has 1 unspecified atom stereocenters. The predicted octanol–water partition coefficient (Wildman–Crippen LogP) is 2.56. The lowest BCUT2D eigenvalue weighted by Gasteiger charge is -2.38. The Morgan fingerprint density at radius 2 is 2.10 bits per heavy atom. The molecule has 1 atom stereocenters. The highest BCUT2D eigenvalue weighted by atomic mass is 32.1. The van der Waals surface area contributed by atoms with Crippen LogP contribution in [0.4, 0.5) is 5.69 Å². The minimum Gasteiger partial charge on any atom is -0.466 e. The second kappa shape index (κ2) is 6.19. The third kappa shape index (κ3) is 2.91. The molecular weight excluding hydrogens is 278 g/mol. The van der Waals surface area contributed by atoms with Crippen molar-refractivity contribution >= 4 is 29.0 Å². The third-order valence-corrected chi connectivity index (χ3v) is 3.08. The molecule has 1 aliphatic rings. The van der Waals surface area contributed by atoms with Crippen molar-refractivity contribution in [2.45, 2.75) is 26.1 Å². The summed E-state index contributed by atoms with van der Waals surface area (Å²) >= 11 is 5.10. The second-order valence-corrected chi connectivity index (χ2v) is 4.60. The van der Waals surface area contributed by atoms with E-state index in [0.717, 1.165) is 11.3 Å². The Morgan fingerprint density at radius 1 is 1.35 bits per heavy atom. The van der Waals surface area contributed by atoms with Crippen molar-refractivity contribution in [1.29, 1.82) is 0 Å². The second-order valence-electron chi connectivity index (χ2n) is 4.23. The molecule has 1 heterocycles. The number of benzene rings is 1. The molecule has 0 saturated carbocycles. The molecule has 0 amide bonds. The number of para-hydroxylation sites is 1. The molecule has 108 valence electrons. The molecule has 0 radical (unpaired) electrons. The maximum Gasteiger partial charge on any atom is 0.312 e. The lowest BCUT2D eigenvalue weighted by atomic mass is 9.98. The average molecular weight is 295 g/mol. The summed E-state index contributed by atoms with van der Waals surface area (Å²) in [5.41, 5.74) is 1.52. The summed E-state index contributed by atoms with van der Waals surface area (Å²) in [5, 5.41) is 3.14. The molecule has 0 saturated heterocycles. The zero-order valence-corrected chi connectivity index (χ0v) is 12.3. The van der Waals surface area contributed by atoms with Gasteiger partial charge in [-0.05, 0) is 32.1 Å². The lowest BCUT2D eigenvalue weighted by Crippen LogP contribution is -2.43. The first-order valence-corrected chi connectivity index (χ1v) is 6.91. The first-order valence-electron chi connectivity index (χ1n) is 6.50. The molecule has 5 nitrogen and oxygen atoms in total. The summed E-state index contributed by atoms with van der Waals surface area (Å²) in [7, 11) is 0. The Morgan fingerprint density at radius 3 is 2.80 bits per heavy atom. The fourth-order valence-electron chi connectivity index (χ4n) is 2.19. The van der Waals surface area contributed by atoms with Gasteiger partial charge in [-0.25, -0.2) is 0 Å². The number of thiocarbonyl (C=S) groups is 1. The SMILES string of the molecule is CCOC(=O)CC1(OCC)OC(=S)Nc2ccccc21. The summed E-state index contributed by atoms with van der Waals surface area (Å²) in [6, 6.07) is 7.44. The van der Waals surface area contributed by atoms with Crippen molar-refractivity contribution in [3.05, 3.63) is 29.8 Å². The predicted molar refractivity (Wildman–Crippen MR) is 78.3 cm³/mol. The quantitative estimate of drug-likeness (QED) is 0.665. The number of carbonyl (C=O) groups excluding carboxylic acids is 1. The number of ether oxygens (including phenoxy) is 3. The highest BCUT2D eigenvalue weighted by Gasteiger charge is 2.44. The molecular formula is C14H17NO4S. The molecule has 1 N–H and O–H groups in total. The van der Waals surface area contributed by atoms with Crippen LogP contribution in [0.25, 0.3) is 0 Å². The van der Waals surface area contributed by atoms with Crippen LogP contribution in [-0.4, -0.2) is 24.4 Å². The number of carbonyl (C=O) groups is 1. The van der Waals surface area contributed by atoms with Gasteiger partial charge in [0, 0.05) is 12.2 Å². The normalized spacial score (nSPS) is 20.6. The van der Waals surface area contributed by atoms with Crippen molar-refractivity contribution in [2.24, 2.45) is 0 Å². The molecule has 6 heteroatoms. The van der Waals surface area contributed by atoms with Crippen molar-refractivity contribution in [3.8, 4) is 0 Å². The zero-order valence-electron chi connectivity index (χ0n) is 11.5. The summed E-state index contributed by atoms with van der Waals surface area (Å²) in [5.74, 6) is -1.61. The fraction of sp³-hybridized carbons (Fsp3) is 0.429. The van der Waals surface area contributed by atoms with Crippen LogP contribution in [0.3, 0.4) is 0 Å². The minimum absolute atomic E-state index is 0.0481. The van der Waals surface area contributed by atoms with Crippen molar-refractivity contribution < 1.29 is 19.0 Å². The van der Waals surface area contributed by atoms with Gasteiger partial charge in [0.25, 0.3) is 11.0 Å². The van der Waals surface area contributed by atoms with Crippen LogP contribution < -0.4 is 5.32 Å².